The first-order valence-electron chi connectivity index (χ1n) is 5.49. The lowest BCUT2D eigenvalue weighted by Gasteiger charge is -2.31. The van der Waals surface area contributed by atoms with Crippen LogP contribution in [0.15, 0.2) is 6.20 Å². The Labute approximate surface area is 106 Å². The standard InChI is InChI=1S/C12H17N3O3/c1-7-9(6-13-8(2)14-7)10(16)15(5)12(3,4)11(17)18/h6H,1-5H3,(H,17,18). The number of rotatable bonds is 3. The number of nitrogens with zero attached hydrogens (tertiary/aromatic N) is 3. The Bertz CT molecular complexity index is 497. The zero-order valence-corrected chi connectivity index (χ0v) is 11.2. The molecule has 0 saturated heterocycles. The van der Waals surface area contributed by atoms with Gasteiger partial charge in [-0.1, -0.05) is 0 Å². The van der Waals surface area contributed by atoms with E-state index >= 15 is 0 Å². The normalized spacial score (nSPS) is 11.2. The van der Waals surface area contributed by atoms with E-state index in [1.165, 1.54) is 32.0 Å². The maximum atomic E-state index is 12.2. The highest BCUT2D eigenvalue weighted by Gasteiger charge is 2.36. The van der Waals surface area contributed by atoms with Gasteiger partial charge in [0, 0.05) is 13.2 Å². The smallest absolute Gasteiger partial charge is 0.329 e. The predicted molar refractivity (Wildman–Crippen MR) is 65.3 cm³/mol. The molecule has 0 radical (unpaired) electrons. The number of hydrogen-bond donors (Lipinski definition) is 1. The Morgan fingerprint density at radius 2 is 1.89 bits per heavy atom. The summed E-state index contributed by atoms with van der Waals surface area (Å²) >= 11 is 0. The van der Waals surface area contributed by atoms with Crippen LogP contribution in [0.5, 0.6) is 0 Å². The van der Waals surface area contributed by atoms with Crippen LogP contribution in [0, 0.1) is 13.8 Å². The minimum atomic E-state index is -1.28. The Balaban J connectivity index is 3.11. The van der Waals surface area contributed by atoms with E-state index in [0.717, 1.165) is 0 Å². The second-order valence-corrected chi connectivity index (χ2v) is 4.64. The molecule has 6 heteroatoms. The number of aromatic nitrogens is 2. The van der Waals surface area contributed by atoms with Gasteiger partial charge in [0.25, 0.3) is 5.91 Å². The van der Waals surface area contributed by atoms with Crippen LogP contribution in [0.1, 0.15) is 35.7 Å². The number of carbonyl (C=O) groups is 2. The van der Waals surface area contributed by atoms with Crippen molar-refractivity contribution >= 4 is 11.9 Å². The maximum Gasteiger partial charge on any atom is 0.329 e. The summed E-state index contributed by atoms with van der Waals surface area (Å²) in [7, 11) is 1.45. The first kappa shape index (κ1) is 14.1. The van der Waals surface area contributed by atoms with Gasteiger partial charge >= 0.3 is 5.97 Å². The molecular formula is C12H17N3O3. The van der Waals surface area contributed by atoms with E-state index in [0.29, 0.717) is 17.1 Å². The third-order valence-corrected chi connectivity index (χ3v) is 3.00. The molecule has 0 aromatic carbocycles. The summed E-state index contributed by atoms with van der Waals surface area (Å²) in [4.78, 5) is 32.6. The van der Waals surface area contributed by atoms with Crippen molar-refractivity contribution in [1.82, 2.24) is 14.9 Å². The summed E-state index contributed by atoms with van der Waals surface area (Å²) in [5.74, 6) is -0.895. The van der Waals surface area contributed by atoms with Gasteiger partial charge < -0.3 is 10.0 Å². The van der Waals surface area contributed by atoms with E-state index in [9.17, 15) is 9.59 Å². The molecule has 18 heavy (non-hydrogen) atoms. The first-order valence-corrected chi connectivity index (χ1v) is 5.49. The van der Waals surface area contributed by atoms with Crippen LogP contribution in [0.2, 0.25) is 0 Å². The summed E-state index contributed by atoms with van der Waals surface area (Å²) in [6.45, 7) is 6.37. The second kappa shape index (κ2) is 4.72. The lowest BCUT2D eigenvalue weighted by molar-refractivity contribution is -0.147. The number of carboxylic acids is 1. The van der Waals surface area contributed by atoms with Crippen LogP contribution in [-0.2, 0) is 4.79 Å². The predicted octanol–water partition coefficient (Wildman–Crippen LogP) is 1.03. The quantitative estimate of drug-likeness (QED) is 0.867. The van der Waals surface area contributed by atoms with Gasteiger partial charge in [0.05, 0.1) is 11.3 Å². The molecule has 0 bridgehead atoms. The summed E-state index contributed by atoms with van der Waals surface area (Å²) in [6, 6.07) is 0. The second-order valence-electron chi connectivity index (χ2n) is 4.64. The minimum absolute atomic E-state index is 0.317. The van der Waals surface area contributed by atoms with Crippen molar-refractivity contribution in [1.29, 1.82) is 0 Å². The van der Waals surface area contributed by atoms with Crippen LogP contribution < -0.4 is 0 Å². The fourth-order valence-electron chi connectivity index (χ4n) is 1.37. The number of aliphatic carboxylic acids is 1. The van der Waals surface area contributed by atoms with E-state index in [-0.39, 0.29) is 0 Å². The molecule has 98 valence electrons. The number of amides is 1. The van der Waals surface area contributed by atoms with E-state index in [4.69, 9.17) is 5.11 Å². The largest absolute Gasteiger partial charge is 0.480 e. The zero-order valence-electron chi connectivity index (χ0n) is 11.2. The van der Waals surface area contributed by atoms with Gasteiger partial charge in [-0.15, -0.1) is 0 Å². The molecule has 1 amide bonds. The Kier molecular flexibility index (Phi) is 3.69. The van der Waals surface area contributed by atoms with Crippen molar-refractivity contribution in [3.8, 4) is 0 Å². The van der Waals surface area contributed by atoms with Gasteiger partial charge in [0.1, 0.15) is 11.4 Å². The molecule has 0 atom stereocenters. The molecule has 6 nitrogen and oxygen atoms in total. The van der Waals surface area contributed by atoms with Crippen LogP contribution in [-0.4, -0.2) is 44.4 Å². The highest BCUT2D eigenvalue weighted by Crippen LogP contribution is 2.17. The molecule has 1 heterocycles. The Morgan fingerprint density at radius 1 is 1.33 bits per heavy atom. The zero-order chi connectivity index (χ0) is 14.1. The fraction of sp³-hybridized carbons (Fsp3) is 0.500. The van der Waals surface area contributed by atoms with Crippen molar-refractivity contribution in [3.05, 3.63) is 23.3 Å². The summed E-state index contributed by atoms with van der Waals surface area (Å²) in [5.41, 5.74) is -0.424. The number of aryl methyl sites for hydroxylation is 2. The monoisotopic (exact) mass is 251 g/mol. The van der Waals surface area contributed by atoms with Crippen molar-refractivity contribution in [2.75, 3.05) is 7.05 Å². The molecule has 0 aliphatic rings. The minimum Gasteiger partial charge on any atom is -0.480 e. The molecular weight excluding hydrogens is 234 g/mol. The number of likely N-dealkylation sites (N-methyl/N-ethyl adjacent to an activating group) is 1. The molecule has 1 aromatic heterocycles. The van der Waals surface area contributed by atoms with Crippen molar-refractivity contribution in [2.45, 2.75) is 33.2 Å². The van der Waals surface area contributed by atoms with Crippen LogP contribution >= 0.6 is 0 Å². The van der Waals surface area contributed by atoms with Gasteiger partial charge in [-0.3, -0.25) is 4.79 Å². The lowest BCUT2D eigenvalue weighted by atomic mass is 10.0. The molecule has 0 spiro atoms. The maximum absolute atomic E-state index is 12.2. The molecule has 0 aliphatic heterocycles. The van der Waals surface area contributed by atoms with Gasteiger partial charge in [0.2, 0.25) is 0 Å². The van der Waals surface area contributed by atoms with Crippen molar-refractivity contribution < 1.29 is 14.7 Å². The molecule has 0 unspecified atom stereocenters. The Hall–Kier alpha value is -1.98. The molecule has 1 aromatic rings. The van der Waals surface area contributed by atoms with Crippen molar-refractivity contribution in [3.63, 3.8) is 0 Å². The summed E-state index contributed by atoms with van der Waals surface area (Å²) in [6.07, 6.45) is 1.43. The molecule has 0 fully saturated rings. The highest BCUT2D eigenvalue weighted by molar-refractivity contribution is 5.98. The van der Waals surface area contributed by atoms with E-state index in [2.05, 4.69) is 9.97 Å². The van der Waals surface area contributed by atoms with Crippen LogP contribution in [0.4, 0.5) is 0 Å². The summed E-state index contributed by atoms with van der Waals surface area (Å²) < 4.78 is 0. The van der Waals surface area contributed by atoms with Gasteiger partial charge in [0.15, 0.2) is 0 Å². The summed E-state index contributed by atoms with van der Waals surface area (Å²) in [5, 5.41) is 9.10. The number of hydrogen-bond acceptors (Lipinski definition) is 4. The average Bonchev–Trinajstić information content (AvgIpc) is 2.26. The number of carboxylic acid groups (broad SMARTS) is 1. The molecule has 0 saturated carbocycles. The van der Waals surface area contributed by atoms with Gasteiger partial charge in [-0.25, -0.2) is 14.8 Å². The Morgan fingerprint density at radius 3 is 2.33 bits per heavy atom. The molecule has 1 N–H and O–H groups in total. The molecule has 0 aliphatic carbocycles. The molecule has 1 rings (SSSR count). The van der Waals surface area contributed by atoms with Gasteiger partial charge in [-0.05, 0) is 27.7 Å². The highest BCUT2D eigenvalue weighted by atomic mass is 16.4. The van der Waals surface area contributed by atoms with E-state index in [1.807, 2.05) is 0 Å². The van der Waals surface area contributed by atoms with Crippen LogP contribution in [0.25, 0.3) is 0 Å². The SMILES string of the molecule is Cc1ncc(C(=O)N(C)C(C)(C)C(=O)O)c(C)n1. The third-order valence-electron chi connectivity index (χ3n) is 3.00. The average molecular weight is 251 g/mol. The third kappa shape index (κ3) is 2.47. The van der Waals surface area contributed by atoms with Gasteiger partial charge in [-0.2, -0.15) is 0 Å². The van der Waals surface area contributed by atoms with E-state index in [1.54, 1.807) is 13.8 Å². The lowest BCUT2D eigenvalue weighted by Crippen LogP contribution is -2.51. The van der Waals surface area contributed by atoms with Crippen molar-refractivity contribution in [2.24, 2.45) is 0 Å². The fourth-order valence-corrected chi connectivity index (χ4v) is 1.37. The first-order chi connectivity index (χ1) is 8.17. The van der Waals surface area contributed by atoms with E-state index < -0.39 is 17.4 Å². The number of carbonyl (C=O) groups excluding carboxylic acids is 1. The topological polar surface area (TPSA) is 83.4 Å². The van der Waals surface area contributed by atoms with Crippen LogP contribution in [0.3, 0.4) is 0 Å².